The topological polar surface area (TPSA) is 0 Å². The Bertz CT molecular complexity index is 250. The molecule has 0 nitrogen and oxygen atoms in total. The van der Waals surface area contributed by atoms with E-state index in [-0.39, 0.29) is 0 Å². The van der Waals surface area contributed by atoms with Crippen molar-refractivity contribution in [3.05, 3.63) is 35.9 Å². The monoisotopic (exact) mass is 203 g/mol. The first-order valence-corrected chi connectivity index (χ1v) is 6.17. The third-order valence-electron chi connectivity index (χ3n) is 3.21. The minimum atomic E-state index is 0.851. The van der Waals surface area contributed by atoms with Gasteiger partial charge in [0.25, 0.3) is 0 Å². The maximum absolute atomic E-state index is 3.06. The van der Waals surface area contributed by atoms with E-state index in [1.54, 1.807) is 0 Å². The Balaban J connectivity index is 2.25. The number of hydrogen-bond donors (Lipinski definition) is 0. The van der Waals surface area contributed by atoms with Crippen molar-refractivity contribution in [2.24, 2.45) is 11.8 Å². The van der Waals surface area contributed by atoms with Crippen LogP contribution in [0.3, 0.4) is 0 Å². The number of aryl methyl sites for hydroxylation is 1. The molecule has 0 amide bonds. The van der Waals surface area contributed by atoms with Gasteiger partial charge in [-0.15, -0.1) is 0 Å². The molecular formula is C15H23. The molecule has 1 aromatic rings. The van der Waals surface area contributed by atoms with Crippen molar-refractivity contribution in [2.75, 3.05) is 0 Å². The predicted octanol–water partition coefficient (Wildman–Crippen LogP) is 4.49. The first-order chi connectivity index (χ1) is 7.22. The van der Waals surface area contributed by atoms with Crippen molar-refractivity contribution < 1.29 is 0 Å². The molecule has 0 heterocycles. The lowest BCUT2D eigenvalue weighted by Crippen LogP contribution is -2.03. The highest BCUT2D eigenvalue weighted by Gasteiger charge is 2.07. The molecule has 0 heteroatoms. The molecule has 2 unspecified atom stereocenters. The van der Waals surface area contributed by atoms with Crippen molar-refractivity contribution in [3.8, 4) is 0 Å². The van der Waals surface area contributed by atoms with E-state index in [0.717, 1.165) is 11.8 Å². The van der Waals surface area contributed by atoms with E-state index in [4.69, 9.17) is 0 Å². The van der Waals surface area contributed by atoms with Gasteiger partial charge in [-0.3, -0.25) is 0 Å². The van der Waals surface area contributed by atoms with Gasteiger partial charge < -0.3 is 0 Å². The molecule has 0 aliphatic heterocycles. The largest absolute Gasteiger partial charge is 0.0651 e. The zero-order chi connectivity index (χ0) is 11.1. The number of hydrogen-bond acceptors (Lipinski definition) is 0. The van der Waals surface area contributed by atoms with Gasteiger partial charge in [0, 0.05) is 0 Å². The fourth-order valence-electron chi connectivity index (χ4n) is 1.97. The molecule has 0 saturated heterocycles. The molecule has 83 valence electrons. The maximum atomic E-state index is 3.06. The highest BCUT2D eigenvalue weighted by molar-refractivity contribution is 5.13. The summed E-state index contributed by atoms with van der Waals surface area (Å²) >= 11 is 0. The molecule has 15 heavy (non-hydrogen) atoms. The smallest absolute Gasteiger partial charge is 0.0184 e. The van der Waals surface area contributed by atoms with Gasteiger partial charge in [0.15, 0.2) is 0 Å². The summed E-state index contributed by atoms with van der Waals surface area (Å²) in [6, 6.07) is 11.4. The minimum Gasteiger partial charge on any atom is -0.0651 e. The molecule has 0 spiro atoms. The normalized spacial score (nSPS) is 14.9. The Morgan fingerprint density at radius 2 is 1.80 bits per heavy atom. The minimum absolute atomic E-state index is 0.851. The molecule has 0 N–H and O–H groups in total. The molecule has 0 aliphatic rings. The zero-order valence-corrected chi connectivity index (χ0v) is 10.3. The van der Waals surface area contributed by atoms with E-state index < -0.39 is 0 Å². The van der Waals surface area contributed by atoms with Crippen LogP contribution in [0, 0.1) is 17.9 Å². The average molecular weight is 203 g/mol. The fraction of sp³-hybridized carbons (Fsp3) is 0.600. The summed E-state index contributed by atoms with van der Waals surface area (Å²) in [7, 11) is 0. The summed E-state index contributed by atoms with van der Waals surface area (Å²) in [5.74, 6) is 1.73. The Labute approximate surface area is 94.7 Å². The lowest BCUT2D eigenvalue weighted by Gasteiger charge is -2.15. The van der Waals surface area contributed by atoms with Gasteiger partial charge in [0.2, 0.25) is 0 Å². The molecule has 0 saturated carbocycles. The second kappa shape index (κ2) is 6.66. The van der Waals surface area contributed by atoms with E-state index in [0.29, 0.717) is 0 Å². The SMILES string of the molecule is CCC(C)CC(C)CCc1cc[c]cc1. The third kappa shape index (κ3) is 5.01. The van der Waals surface area contributed by atoms with Crippen LogP contribution < -0.4 is 0 Å². The number of benzene rings is 1. The summed E-state index contributed by atoms with van der Waals surface area (Å²) in [6.45, 7) is 7.01. The molecule has 0 aliphatic carbocycles. The van der Waals surface area contributed by atoms with Crippen LogP contribution in [0.4, 0.5) is 0 Å². The first kappa shape index (κ1) is 12.3. The Hall–Kier alpha value is -0.780. The van der Waals surface area contributed by atoms with E-state index in [2.05, 4.69) is 39.0 Å². The lowest BCUT2D eigenvalue weighted by molar-refractivity contribution is 0.387. The van der Waals surface area contributed by atoms with Crippen LogP contribution >= 0.6 is 0 Å². The van der Waals surface area contributed by atoms with Crippen molar-refractivity contribution in [1.29, 1.82) is 0 Å². The van der Waals surface area contributed by atoms with E-state index in [9.17, 15) is 0 Å². The second-order valence-corrected chi connectivity index (χ2v) is 4.80. The van der Waals surface area contributed by atoms with E-state index in [1.165, 1.54) is 31.2 Å². The van der Waals surface area contributed by atoms with Crippen LogP contribution in [-0.4, -0.2) is 0 Å². The van der Waals surface area contributed by atoms with Crippen LogP contribution in [0.25, 0.3) is 0 Å². The van der Waals surface area contributed by atoms with Crippen LogP contribution in [0.5, 0.6) is 0 Å². The van der Waals surface area contributed by atoms with Crippen molar-refractivity contribution in [2.45, 2.75) is 46.5 Å². The van der Waals surface area contributed by atoms with Crippen molar-refractivity contribution in [3.63, 3.8) is 0 Å². The van der Waals surface area contributed by atoms with E-state index in [1.807, 2.05) is 12.1 Å². The molecule has 1 rings (SSSR count). The van der Waals surface area contributed by atoms with Gasteiger partial charge >= 0.3 is 0 Å². The fourth-order valence-corrected chi connectivity index (χ4v) is 1.97. The Morgan fingerprint density at radius 1 is 1.13 bits per heavy atom. The summed E-state index contributed by atoms with van der Waals surface area (Å²) in [5.41, 5.74) is 1.45. The highest BCUT2D eigenvalue weighted by atomic mass is 14.1. The summed E-state index contributed by atoms with van der Waals surface area (Å²) in [4.78, 5) is 0. The molecule has 2 atom stereocenters. The molecule has 0 bridgehead atoms. The summed E-state index contributed by atoms with van der Waals surface area (Å²) in [5, 5.41) is 0. The average Bonchev–Trinajstić information content (AvgIpc) is 2.27. The summed E-state index contributed by atoms with van der Waals surface area (Å²) in [6.07, 6.45) is 5.21. The second-order valence-electron chi connectivity index (χ2n) is 4.80. The molecule has 1 radical (unpaired) electrons. The van der Waals surface area contributed by atoms with Gasteiger partial charge in [-0.05, 0) is 42.7 Å². The van der Waals surface area contributed by atoms with Gasteiger partial charge in [0.05, 0.1) is 0 Å². The van der Waals surface area contributed by atoms with Crippen LogP contribution in [0.15, 0.2) is 24.3 Å². The van der Waals surface area contributed by atoms with Crippen molar-refractivity contribution >= 4 is 0 Å². The van der Waals surface area contributed by atoms with Gasteiger partial charge in [-0.1, -0.05) is 51.5 Å². The van der Waals surface area contributed by atoms with Gasteiger partial charge in [-0.25, -0.2) is 0 Å². The quantitative estimate of drug-likeness (QED) is 0.639. The first-order valence-electron chi connectivity index (χ1n) is 6.17. The van der Waals surface area contributed by atoms with Crippen molar-refractivity contribution in [1.82, 2.24) is 0 Å². The molecule has 0 aromatic heterocycles. The molecule has 1 aromatic carbocycles. The van der Waals surface area contributed by atoms with Crippen LogP contribution in [0.1, 0.15) is 45.6 Å². The lowest BCUT2D eigenvalue weighted by atomic mass is 9.91. The predicted molar refractivity (Wildman–Crippen MR) is 66.8 cm³/mol. The van der Waals surface area contributed by atoms with Gasteiger partial charge in [-0.2, -0.15) is 0 Å². The molecular weight excluding hydrogens is 180 g/mol. The molecule has 0 fully saturated rings. The summed E-state index contributed by atoms with van der Waals surface area (Å²) < 4.78 is 0. The van der Waals surface area contributed by atoms with Crippen LogP contribution in [0.2, 0.25) is 0 Å². The van der Waals surface area contributed by atoms with Gasteiger partial charge in [0.1, 0.15) is 0 Å². The van der Waals surface area contributed by atoms with E-state index >= 15 is 0 Å². The Morgan fingerprint density at radius 3 is 2.40 bits per heavy atom. The van der Waals surface area contributed by atoms with Crippen LogP contribution in [-0.2, 0) is 6.42 Å². The maximum Gasteiger partial charge on any atom is -0.0184 e. The number of rotatable bonds is 6. The Kier molecular flexibility index (Phi) is 5.45. The zero-order valence-electron chi connectivity index (χ0n) is 10.3. The highest BCUT2D eigenvalue weighted by Crippen LogP contribution is 2.19. The standard InChI is InChI=1S/C15H23/c1-4-13(2)12-14(3)10-11-15-8-6-5-7-9-15/h6-9,13-14H,4,10-12H2,1-3H3. The third-order valence-corrected chi connectivity index (χ3v) is 3.21.